The van der Waals surface area contributed by atoms with Crippen LogP contribution in [0.1, 0.15) is 58.2 Å². The van der Waals surface area contributed by atoms with E-state index >= 15 is 0 Å². The molecule has 1 fully saturated rings. The minimum absolute atomic E-state index is 0.322. The van der Waals surface area contributed by atoms with Gasteiger partial charge in [-0.3, -0.25) is 4.68 Å². The van der Waals surface area contributed by atoms with E-state index in [1.165, 1.54) is 18.5 Å². The molecular formula is C17H31N3O. The van der Waals surface area contributed by atoms with Gasteiger partial charge in [0.2, 0.25) is 0 Å². The van der Waals surface area contributed by atoms with E-state index in [9.17, 15) is 0 Å². The Labute approximate surface area is 129 Å². The van der Waals surface area contributed by atoms with Gasteiger partial charge in [-0.1, -0.05) is 20.8 Å². The van der Waals surface area contributed by atoms with Crippen molar-refractivity contribution in [2.75, 3.05) is 13.7 Å². The molecule has 1 saturated carbocycles. The van der Waals surface area contributed by atoms with Crippen molar-refractivity contribution in [3.05, 3.63) is 18.0 Å². The third kappa shape index (κ3) is 4.30. The van der Waals surface area contributed by atoms with Crippen LogP contribution in [0.5, 0.6) is 0 Å². The van der Waals surface area contributed by atoms with Crippen molar-refractivity contribution in [3.8, 4) is 0 Å². The summed E-state index contributed by atoms with van der Waals surface area (Å²) in [6, 6.07) is 3.07. The average molecular weight is 293 g/mol. The highest BCUT2D eigenvalue weighted by Gasteiger charge is 2.36. The van der Waals surface area contributed by atoms with Crippen molar-refractivity contribution in [2.24, 2.45) is 5.92 Å². The van der Waals surface area contributed by atoms with Crippen molar-refractivity contribution in [2.45, 2.75) is 71.1 Å². The quantitative estimate of drug-likeness (QED) is 0.720. The van der Waals surface area contributed by atoms with E-state index < -0.39 is 0 Å². The Bertz CT molecular complexity index is 410. The number of ether oxygens (including phenoxy) is 1. The molecule has 4 nitrogen and oxygen atoms in total. The molecule has 0 amide bonds. The van der Waals surface area contributed by atoms with Gasteiger partial charge < -0.3 is 10.1 Å². The molecule has 2 unspecified atom stereocenters. The lowest BCUT2D eigenvalue weighted by atomic mass is 10.0. The maximum atomic E-state index is 5.76. The summed E-state index contributed by atoms with van der Waals surface area (Å²) in [6.07, 6.45) is 8.30. The second-order valence-electron chi connectivity index (χ2n) is 6.16. The maximum absolute atomic E-state index is 5.76. The van der Waals surface area contributed by atoms with Crippen LogP contribution in [-0.2, 0) is 11.2 Å². The SMILES string of the molecule is CCNC(Cc1ccn(C(CC)CC)n1)C(OC)C1CC1. The number of aromatic nitrogens is 2. The van der Waals surface area contributed by atoms with Crippen LogP contribution in [0.3, 0.4) is 0 Å². The molecule has 4 heteroatoms. The third-order valence-electron chi connectivity index (χ3n) is 4.63. The van der Waals surface area contributed by atoms with Gasteiger partial charge in [-0.25, -0.2) is 0 Å². The summed E-state index contributed by atoms with van der Waals surface area (Å²) in [5, 5.41) is 8.39. The predicted molar refractivity (Wildman–Crippen MR) is 86.5 cm³/mol. The molecule has 1 aliphatic carbocycles. The van der Waals surface area contributed by atoms with Gasteiger partial charge in [-0.15, -0.1) is 0 Å². The highest BCUT2D eigenvalue weighted by Crippen LogP contribution is 2.36. The van der Waals surface area contributed by atoms with Crippen molar-refractivity contribution < 1.29 is 4.74 Å². The summed E-state index contributed by atoms with van der Waals surface area (Å²) >= 11 is 0. The van der Waals surface area contributed by atoms with E-state index in [0.717, 1.165) is 31.7 Å². The first-order valence-corrected chi connectivity index (χ1v) is 8.53. The molecule has 2 atom stereocenters. The van der Waals surface area contributed by atoms with Crippen LogP contribution in [-0.4, -0.2) is 35.6 Å². The second kappa shape index (κ2) is 7.95. The first-order valence-electron chi connectivity index (χ1n) is 8.53. The van der Waals surface area contributed by atoms with E-state index in [0.29, 0.717) is 18.2 Å². The molecule has 1 aliphatic rings. The average Bonchev–Trinajstić information content (AvgIpc) is 3.21. The van der Waals surface area contributed by atoms with E-state index in [1.54, 1.807) is 0 Å². The minimum atomic E-state index is 0.322. The van der Waals surface area contributed by atoms with Gasteiger partial charge in [0, 0.05) is 25.8 Å². The Morgan fingerprint density at radius 3 is 2.57 bits per heavy atom. The largest absolute Gasteiger partial charge is 0.380 e. The molecule has 1 N–H and O–H groups in total. The van der Waals surface area contributed by atoms with Crippen molar-refractivity contribution in [1.29, 1.82) is 0 Å². The summed E-state index contributed by atoms with van der Waals surface area (Å²) in [5.74, 6) is 0.736. The highest BCUT2D eigenvalue weighted by atomic mass is 16.5. The van der Waals surface area contributed by atoms with E-state index in [1.807, 2.05) is 7.11 Å². The van der Waals surface area contributed by atoms with Gasteiger partial charge in [0.1, 0.15) is 0 Å². The summed E-state index contributed by atoms with van der Waals surface area (Å²) in [5.41, 5.74) is 1.18. The molecular weight excluding hydrogens is 262 g/mol. The molecule has 0 saturated heterocycles. The third-order valence-corrected chi connectivity index (χ3v) is 4.63. The number of likely N-dealkylation sites (N-methyl/N-ethyl adjacent to an activating group) is 1. The Balaban J connectivity index is 2.02. The molecule has 1 aromatic heterocycles. The zero-order valence-corrected chi connectivity index (χ0v) is 14.0. The van der Waals surface area contributed by atoms with Crippen LogP contribution in [0.2, 0.25) is 0 Å². The molecule has 0 spiro atoms. The summed E-state index contributed by atoms with van der Waals surface area (Å²) in [4.78, 5) is 0. The van der Waals surface area contributed by atoms with Crippen molar-refractivity contribution in [1.82, 2.24) is 15.1 Å². The summed E-state index contributed by atoms with van der Waals surface area (Å²) in [6.45, 7) is 7.59. The number of hydrogen-bond donors (Lipinski definition) is 1. The van der Waals surface area contributed by atoms with Crippen LogP contribution in [0.25, 0.3) is 0 Å². The van der Waals surface area contributed by atoms with Crippen LogP contribution in [0.15, 0.2) is 12.3 Å². The number of methoxy groups -OCH3 is 1. The monoisotopic (exact) mass is 293 g/mol. The molecule has 1 heterocycles. The fourth-order valence-corrected chi connectivity index (χ4v) is 3.25. The lowest BCUT2D eigenvalue weighted by Gasteiger charge is -2.26. The Kier molecular flexibility index (Phi) is 6.24. The summed E-state index contributed by atoms with van der Waals surface area (Å²) < 4.78 is 7.90. The molecule has 120 valence electrons. The van der Waals surface area contributed by atoms with Crippen LogP contribution in [0, 0.1) is 5.92 Å². The molecule has 0 bridgehead atoms. The fraction of sp³-hybridized carbons (Fsp3) is 0.824. The van der Waals surface area contributed by atoms with Crippen LogP contribution >= 0.6 is 0 Å². The molecule has 1 aromatic rings. The lowest BCUT2D eigenvalue weighted by Crippen LogP contribution is -2.43. The van der Waals surface area contributed by atoms with Gasteiger partial charge in [-0.05, 0) is 44.2 Å². The number of nitrogens with one attached hydrogen (secondary N) is 1. The molecule has 2 rings (SSSR count). The standard InChI is InChI=1S/C17H31N3O/c1-5-15(6-2)20-11-10-14(19-20)12-16(18-7-3)17(21-4)13-8-9-13/h10-11,13,15-18H,5-9,12H2,1-4H3. The van der Waals surface area contributed by atoms with E-state index in [2.05, 4.69) is 43.0 Å². The lowest BCUT2D eigenvalue weighted by molar-refractivity contribution is 0.0512. The highest BCUT2D eigenvalue weighted by molar-refractivity contribution is 5.05. The Hall–Kier alpha value is -0.870. The fourth-order valence-electron chi connectivity index (χ4n) is 3.25. The smallest absolute Gasteiger partial charge is 0.0756 e. The molecule has 21 heavy (non-hydrogen) atoms. The molecule has 0 aliphatic heterocycles. The first kappa shape index (κ1) is 16.5. The van der Waals surface area contributed by atoms with Crippen LogP contribution in [0.4, 0.5) is 0 Å². The second-order valence-corrected chi connectivity index (χ2v) is 6.16. The minimum Gasteiger partial charge on any atom is -0.380 e. The van der Waals surface area contributed by atoms with Crippen LogP contribution < -0.4 is 5.32 Å². The van der Waals surface area contributed by atoms with E-state index in [-0.39, 0.29) is 0 Å². The topological polar surface area (TPSA) is 39.1 Å². The van der Waals surface area contributed by atoms with Gasteiger partial charge in [-0.2, -0.15) is 5.10 Å². The zero-order valence-electron chi connectivity index (χ0n) is 14.0. The summed E-state index contributed by atoms with van der Waals surface area (Å²) in [7, 11) is 1.84. The molecule has 0 aromatic carbocycles. The normalized spacial score (nSPS) is 18.1. The van der Waals surface area contributed by atoms with Gasteiger partial charge in [0.15, 0.2) is 0 Å². The predicted octanol–water partition coefficient (Wildman–Crippen LogP) is 3.19. The van der Waals surface area contributed by atoms with Crippen molar-refractivity contribution >= 4 is 0 Å². The number of hydrogen-bond acceptors (Lipinski definition) is 3. The van der Waals surface area contributed by atoms with Gasteiger partial charge in [0.05, 0.1) is 17.8 Å². The van der Waals surface area contributed by atoms with Gasteiger partial charge >= 0.3 is 0 Å². The van der Waals surface area contributed by atoms with Crippen molar-refractivity contribution in [3.63, 3.8) is 0 Å². The zero-order chi connectivity index (χ0) is 15.2. The maximum Gasteiger partial charge on any atom is 0.0756 e. The number of rotatable bonds is 10. The van der Waals surface area contributed by atoms with Gasteiger partial charge in [0.25, 0.3) is 0 Å². The number of nitrogens with zero attached hydrogens (tertiary/aromatic N) is 2. The van der Waals surface area contributed by atoms with E-state index in [4.69, 9.17) is 9.84 Å². The first-order chi connectivity index (χ1) is 10.2. The Morgan fingerprint density at radius 2 is 2.05 bits per heavy atom. The Morgan fingerprint density at radius 1 is 1.33 bits per heavy atom. The molecule has 0 radical (unpaired) electrons.